The summed E-state index contributed by atoms with van der Waals surface area (Å²) < 4.78 is 0. The lowest BCUT2D eigenvalue weighted by molar-refractivity contribution is 0.976. The number of benzene rings is 1. The molecule has 0 spiro atoms. The molecule has 3 aromatic rings. The van der Waals surface area contributed by atoms with Gasteiger partial charge < -0.3 is 0 Å². The van der Waals surface area contributed by atoms with E-state index in [1.807, 2.05) is 25.1 Å². The molecule has 0 saturated heterocycles. The van der Waals surface area contributed by atoms with Gasteiger partial charge in [0.2, 0.25) is 0 Å². The van der Waals surface area contributed by atoms with Crippen molar-refractivity contribution in [2.75, 3.05) is 0 Å². The van der Waals surface area contributed by atoms with Crippen LogP contribution in [0.5, 0.6) is 0 Å². The highest BCUT2D eigenvalue weighted by Crippen LogP contribution is 2.18. The maximum atomic E-state index is 4.57. The molecule has 1 aromatic carbocycles. The van der Waals surface area contributed by atoms with E-state index >= 15 is 0 Å². The number of hydrogen-bond donors (Lipinski definition) is 0. The standard InChI is InChI=1S/C14H12N4/c1-9-3-5-12-11(7-9)4-6-13(18-12)14-16-8-15-10(2)17-14/h3-8H,1-2H3. The molecule has 0 saturated carbocycles. The van der Waals surface area contributed by atoms with Crippen molar-refractivity contribution in [1.29, 1.82) is 0 Å². The fourth-order valence-electron chi connectivity index (χ4n) is 1.87. The van der Waals surface area contributed by atoms with Crippen molar-refractivity contribution < 1.29 is 0 Å². The molecule has 0 fully saturated rings. The van der Waals surface area contributed by atoms with Crippen LogP contribution in [0.3, 0.4) is 0 Å². The van der Waals surface area contributed by atoms with E-state index < -0.39 is 0 Å². The minimum absolute atomic E-state index is 0.616. The van der Waals surface area contributed by atoms with Crippen LogP contribution in [0.1, 0.15) is 11.4 Å². The molecule has 4 heteroatoms. The zero-order valence-electron chi connectivity index (χ0n) is 10.3. The minimum atomic E-state index is 0.616. The molecule has 2 aromatic heterocycles. The second-order valence-corrected chi connectivity index (χ2v) is 4.25. The number of rotatable bonds is 1. The van der Waals surface area contributed by atoms with Crippen LogP contribution in [-0.2, 0) is 0 Å². The summed E-state index contributed by atoms with van der Waals surface area (Å²) in [5, 5.41) is 1.13. The van der Waals surface area contributed by atoms with Crippen molar-refractivity contribution in [1.82, 2.24) is 19.9 Å². The Bertz CT molecular complexity index is 722. The molecule has 0 amide bonds. The van der Waals surface area contributed by atoms with E-state index in [-0.39, 0.29) is 0 Å². The van der Waals surface area contributed by atoms with E-state index in [0.717, 1.165) is 16.6 Å². The van der Waals surface area contributed by atoms with Crippen LogP contribution >= 0.6 is 0 Å². The molecule has 0 aliphatic carbocycles. The zero-order valence-corrected chi connectivity index (χ0v) is 10.3. The summed E-state index contributed by atoms with van der Waals surface area (Å²) in [6.07, 6.45) is 1.51. The van der Waals surface area contributed by atoms with Crippen LogP contribution in [0.4, 0.5) is 0 Å². The van der Waals surface area contributed by atoms with Crippen LogP contribution in [0, 0.1) is 13.8 Å². The number of hydrogen-bond acceptors (Lipinski definition) is 4. The lowest BCUT2D eigenvalue weighted by Gasteiger charge is -2.03. The molecular formula is C14H12N4. The third-order valence-electron chi connectivity index (χ3n) is 2.77. The van der Waals surface area contributed by atoms with Gasteiger partial charge in [0.15, 0.2) is 5.82 Å². The molecule has 0 aliphatic heterocycles. The van der Waals surface area contributed by atoms with E-state index in [2.05, 4.69) is 39.0 Å². The largest absolute Gasteiger partial charge is 0.244 e. The van der Waals surface area contributed by atoms with Gasteiger partial charge in [0, 0.05) is 5.39 Å². The molecule has 0 atom stereocenters. The molecule has 0 unspecified atom stereocenters. The first-order chi connectivity index (χ1) is 8.72. The van der Waals surface area contributed by atoms with Gasteiger partial charge in [-0.1, -0.05) is 17.7 Å². The number of aryl methyl sites for hydroxylation is 2. The van der Waals surface area contributed by atoms with Crippen molar-refractivity contribution >= 4 is 10.9 Å². The monoisotopic (exact) mass is 236 g/mol. The first kappa shape index (κ1) is 10.8. The van der Waals surface area contributed by atoms with Gasteiger partial charge in [-0.3, -0.25) is 0 Å². The Labute approximate surface area is 105 Å². The summed E-state index contributed by atoms with van der Waals surface area (Å²) in [6.45, 7) is 3.91. The highest BCUT2D eigenvalue weighted by Gasteiger charge is 2.04. The number of nitrogens with zero attached hydrogens (tertiary/aromatic N) is 4. The van der Waals surface area contributed by atoms with Crippen molar-refractivity contribution in [2.24, 2.45) is 0 Å². The summed E-state index contributed by atoms with van der Waals surface area (Å²) >= 11 is 0. The quantitative estimate of drug-likeness (QED) is 0.651. The molecular weight excluding hydrogens is 224 g/mol. The molecule has 88 valence electrons. The second kappa shape index (κ2) is 4.14. The lowest BCUT2D eigenvalue weighted by Crippen LogP contribution is -1.96. The summed E-state index contributed by atoms with van der Waals surface area (Å²) in [6, 6.07) is 10.2. The van der Waals surface area contributed by atoms with Gasteiger partial charge in [-0.15, -0.1) is 0 Å². The van der Waals surface area contributed by atoms with Crippen molar-refractivity contribution in [3.05, 3.63) is 48.0 Å². The third-order valence-corrected chi connectivity index (χ3v) is 2.77. The van der Waals surface area contributed by atoms with Crippen molar-refractivity contribution in [3.8, 4) is 11.5 Å². The molecule has 0 radical (unpaired) electrons. The topological polar surface area (TPSA) is 51.6 Å². The number of fused-ring (bicyclic) bond motifs is 1. The fourth-order valence-corrected chi connectivity index (χ4v) is 1.87. The summed E-state index contributed by atoms with van der Waals surface area (Å²) in [7, 11) is 0. The molecule has 0 bridgehead atoms. The van der Waals surface area contributed by atoms with E-state index in [0.29, 0.717) is 11.6 Å². The Hall–Kier alpha value is -2.36. The normalized spacial score (nSPS) is 10.8. The SMILES string of the molecule is Cc1ccc2nc(-c3ncnc(C)n3)ccc2c1. The fraction of sp³-hybridized carbons (Fsp3) is 0.143. The van der Waals surface area contributed by atoms with E-state index in [1.54, 1.807) is 0 Å². The Kier molecular flexibility index (Phi) is 2.48. The predicted octanol–water partition coefficient (Wildman–Crippen LogP) is 2.70. The Morgan fingerprint density at radius 2 is 1.78 bits per heavy atom. The van der Waals surface area contributed by atoms with Gasteiger partial charge in [-0.2, -0.15) is 0 Å². The third kappa shape index (κ3) is 1.93. The maximum Gasteiger partial charge on any atom is 0.181 e. The van der Waals surface area contributed by atoms with Crippen LogP contribution in [0.25, 0.3) is 22.4 Å². The van der Waals surface area contributed by atoms with Crippen LogP contribution in [0.2, 0.25) is 0 Å². The van der Waals surface area contributed by atoms with Gasteiger partial charge in [0.25, 0.3) is 0 Å². The first-order valence-electron chi connectivity index (χ1n) is 5.76. The molecule has 2 heterocycles. The Balaban J connectivity index is 2.16. The van der Waals surface area contributed by atoms with Gasteiger partial charge >= 0.3 is 0 Å². The van der Waals surface area contributed by atoms with Gasteiger partial charge in [0.1, 0.15) is 17.8 Å². The van der Waals surface area contributed by atoms with Crippen LogP contribution in [0.15, 0.2) is 36.7 Å². The lowest BCUT2D eigenvalue weighted by atomic mass is 10.1. The van der Waals surface area contributed by atoms with Crippen LogP contribution < -0.4 is 0 Å². The molecule has 4 nitrogen and oxygen atoms in total. The molecule has 0 N–H and O–H groups in total. The van der Waals surface area contributed by atoms with E-state index in [9.17, 15) is 0 Å². The zero-order chi connectivity index (χ0) is 12.5. The van der Waals surface area contributed by atoms with Gasteiger partial charge in [-0.05, 0) is 32.0 Å². The van der Waals surface area contributed by atoms with E-state index in [4.69, 9.17) is 0 Å². The Morgan fingerprint density at radius 3 is 2.61 bits per heavy atom. The summed E-state index contributed by atoms with van der Waals surface area (Å²) in [5.41, 5.74) is 2.96. The van der Waals surface area contributed by atoms with Gasteiger partial charge in [0.05, 0.1) is 5.52 Å². The van der Waals surface area contributed by atoms with Gasteiger partial charge in [-0.25, -0.2) is 19.9 Å². The van der Waals surface area contributed by atoms with Crippen molar-refractivity contribution in [2.45, 2.75) is 13.8 Å². The first-order valence-corrected chi connectivity index (χ1v) is 5.76. The smallest absolute Gasteiger partial charge is 0.181 e. The molecule has 18 heavy (non-hydrogen) atoms. The van der Waals surface area contributed by atoms with E-state index in [1.165, 1.54) is 11.9 Å². The Morgan fingerprint density at radius 1 is 0.889 bits per heavy atom. The molecule has 3 rings (SSSR count). The molecule has 0 aliphatic rings. The number of aromatic nitrogens is 4. The van der Waals surface area contributed by atoms with Crippen molar-refractivity contribution in [3.63, 3.8) is 0 Å². The minimum Gasteiger partial charge on any atom is -0.244 e. The average Bonchev–Trinajstić information content (AvgIpc) is 2.38. The highest BCUT2D eigenvalue weighted by atomic mass is 15.0. The summed E-state index contributed by atoms with van der Waals surface area (Å²) in [5.74, 6) is 1.32. The second-order valence-electron chi connectivity index (χ2n) is 4.25. The maximum absolute atomic E-state index is 4.57. The average molecular weight is 236 g/mol. The van der Waals surface area contributed by atoms with Crippen LogP contribution in [-0.4, -0.2) is 19.9 Å². The number of pyridine rings is 1. The predicted molar refractivity (Wildman–Crippen MR) is 70.0 cm³/mol. The summed E-state index contributed by atoms with van der Waals surface area (Å²) in [4.78, 5) is 17.0. The highest BCUT2D eigenvalue weighted by molar-refractivity contribution is 5.81.